The van der Waals surface area contributed by atoms with E-state index in [0.29, 0.717) is 24.1 Å². The van der Waals surface area contributed by atoms with Crippen molar-refractivity contribution in [2.45, 2.75) is 46.1 Å². The zero-order chi connectivity index (χ0) is 15.7. The van der Waals surface area contributed by atoms with E-state index in [-0.39, 0.29) is 0 Å². The van der Waals surface area contributed by atoms with Gasteiger partial charge >= 0.3 is 0 Å². The number of benzene rings is 1. The van der Waals surface area contributed by atoms with Gasteiger partial charge in [-0.05, 0) is 37.0 Å². The molecular weight excluding hydrogens is 276 g/mol. The molecule has 1 aliphatic heterocycles. The van der Waals surface area contributed by atoms with Gasteiger partial charge in [-0.3, -0.25) is 0 Å². The summed E-state index contributed by atoms with van der Waals surface area (Å²) in [6.45, 7) is 8.10. The summed E-state index contributed by atoms with van der Waals surface area (Å²) < 4.78 is 7.95. The zero-order valence-corrected chi connectivity index (χ0v) is 13.5. The number of fused-ring (bicyclic) bond motifs is 1. The van der Waals surface area contributed by atoms with E-state index in [4.69, 9.17) is 10.5 Å². The van der Waals surface area contributed by atoms with E-state index in [2.05, 4.69) is 35.5 Å². The number of nitrogen functional groups attached to an aromatic ring is 1. The molecule has 2 N–H and O–H groups in total. The summed E-state index contributed by atoms with van der Waals surface area (Å²) in [7, 11) is 0. The fourth-order valence-corrected chi connectivity index (χ4v) is 2.87. The Morgan fingerprint density at radius 2 is 2.18 bits per heavy atom. The number of nitrogens with two attached hydrogens (primary N) is 1. The van der Waals surface area contributed by atoms with Crippen molar-refractivity contribution in [2.75, 3.05) is 12.3 Å². The van der Waals surface area contributed by atoms with Crippen molar-refractivity contribution in [3.63, 3.8) is 0 Å². The summed E-state index contributed by atoms with van der Waals surface area (Å²) in [5.41, 5.74) is 7.79. The Hall–Kier alpha value is -2.04. The van der Waals surface area contributed by atoms with E-state index in [1.165, 1.54) is 12.8 Å². The molecule has 1 atom stereocenters. The lowest BCUT2D eigenvalue weighted by atomic mass is 10.0. The Morgan fingerprint density at radius 1 is 1.36 bits per heavy atom. The van der Waals surface area contributed by atoms with Gasteiger partial charge in [0.15, 0.2) is 5.82 Å². The average Bonchev–Trinajstić information content (AvgIpc) is 2.91. The maximum absolute atomic E-state index is 6.13. The number of hydrogen-bond acceptors (Lipinski definition) is 4. The molecule has 0 spiro atoms. The largest absolute Gasteiger partial charge is 0.491 e. The van der Waals surface area contributed by atoms with Crippen LogP contribution in [-0.4, -0.2) is 21.4 Å². The van der Waals surface area contributed by atoms with E-state index in [9.17, 15) is 0 Å². The second-order valence-electron chi connectivity index (χ2n) is 6.53. The van der Waals surface area contributed by atoms with Crippen LogP contribution in [0.2, 0.25) is 0 Å². The van der Waals surface area contributed by atoms with Gasteiger partial charge in [0.1, 0.15) is 11.6 Å². The first-order valence-electron chi connectivity index (χ1n) is 8.02. The van der Waals surface area contributed by atoms with E-state index < -0.39 is 0 Å². The van der Waals surface area contributed by atoms with Gasteiger partial charge in [-0.25, -0.2) is 0 Å². The van der Waals surface area contributed by atoms with Crippen LogP contribution >= 0.6 is 0 Å². The quantitative estimate of drug-likeness (QED) is 0.878. The minimum absolute atomic E-state index is 0.473. The van der Waals surface area contributed by atoms with Crippen molar-refractivity contribution in [3.05, 3.63) is 24.0 Å². The number of anilines is 1. The van der Waals surface area contributed by atoms with Crippen LogP contribution < -0.4 is 10.5 Å². The van der Waals surface area contributed by atoms with E-state index >= 15 is 0 Å². The van der Waals surface area contributed by atoms with Crippen LogP contribution in [0, 0.1) is 5.92 Å². The lowest BCUT2D eigenvalue weighted by Crippen LogP contribution is -2.14. The average molecular weight is 300 g/mol. The Bertz CT molecular complexity index is 663. The van der Waals surface area contributed by atoms with Crippen LogP contribution in [0.1, 0.15) is 45.4 Å². The van der Waals surface area contributed by atoms with Crippen molar-refractivity contribution >= 4 is 5.69 Å². The Balaban J connectivity index is 1.88. The fraction of sp³-hybridized carbons (Fsp3) is 0.529. The van der Waals surface area contributed by atoms with E-state index in [1.807, 2.05) is 18.2 Å². The summed E-state index contributed by atoms with van der Waals surface area (Å²) >= 11 is 0. The summed E-state index contributed by atoms with van der Waals surface area (Å²) in [6, 6.07) is 5.88. The molecular formula is C17H24N4O. The summed E-state index contributed by atoms with van der Waals surface area (Å²) in [4.78, 5) is 0. The molecule has 1 aromatic carbocycles. The standard InChI is InChI=1S/C17H24N4O/c1-11(2)10-22-15-7-6-13(9-14(15)18)17-20-19-16-12(3)5-4-8-21(16)17/h6-7,9,11-12H,4-5,8,10,18H2,1-3H3. The second-order valence-corrected chi connectivity index (χ2v) is 6.53. The normalized spacial score (nSPS) is 17.5. The first kappa shape index (κ1) is 14.9. The summed E-state index contributed by atoms with van der Waals surface area (Å²) in [5, 5.41) is 8.75. The van der Waals surface area contributed by atoms with E-state index in [1.54, 1.807) is 0 Å². The highest BCUT2D eigenvalue weighted by atomic mass is 16.5. The number of aromatic nitrogens is 3. The number of ether oxygens (including phenoxy) is 1. The molecule has 0 fully saturated rings. The minimum atomic E-state index is 0.473. The van der Waals surface area contributed by atoms with Crippen LogP contribution in [0.4, 0.5) is 5.69 Å². The van der Waals surface area contributed by atoms with Crippen LogP contribution in [-0.2, 0) is 6.54 Å². The predicted octanol–water partition coefficient (Wildman–Crippen LogP) is 3.46. The first-order chi connectivity index (χ1) is 10.6. The predicted molar refractivity (Wildman–Crippen MR) is 87.9 cm³/mol. The lowest BCUT2D eigenvalue weighted by molar-refractivity contribution is 0.272. The number of rotatable bonds is 4. The Labute approximate surface area is 131 Å². The zero-order valence-electron chi connectivity index (χ0n) is 13.5. The van der Waals surface area contributed by atoms with Gasteiger partial charge in [0, 0.05) is 18.0 Å². The monoisotopic (exact) mass is 300 g/mol. The van der Waals surface area contributed by atoms with Gasteiger partial charge in [-0.15, -0.1) is 10.2 Å². The van der Waals surface area contributed by atoms with Crippen molar-refractivity contribution < 1.29 is 4.74 Å². The van der Waals surface area contributed by atoms with Gasteiger partial charge in [0.05, 0.1) is 12.3 Å². The molecule has 2 aromatic rings. The molecule has 2 heterocycles. The molecule has 118 valence electrons. The topological polar surface area (TPSA) is 66.0 Å². The van der Waals surface area contributed by atoms with Gasteiger partial charge in [-0.1, -0.05) is 20.8 Å². The molecule has 3 rings (SSSR count). The summed E-state index contributed by atoms with van der Waals surface area (Å²) in [6.07, 6.45) is 2.35. The number of hydrogen-bond donors (Lipinski definition) is 1. The molecule has 1 aromatic heterocycles. The minimum Gasteiger partial charge on any atom is -0.491 e. The van der Waals surface area contributed by atoms with Crippen molar-refractivity contribution in [1.82, 2.24) is 14.8 Å². The number of nitrogens with zero attached hydrogens (tertiary/aromatic N) is 3. The molecule has 1 unspecified atom stereocenters. The third-order valence-corrected chi connectivity index (χ3v) is 4.08. The van der Waals surface area contributed by atoms with Gasteiger partial charge < -0.3 is 15.0 Å². The molecule has 5 heteroatoms. The van der Waals surface area contributed by atoms with Crippen molar-refractivity contribution in [2.24, 2.45) is 5.92 Å². The molecule has 0 bridgehead atoms. The molecule has 0 amide bonds. The second kappa shape index (κ2) is 5.99. The molecule has 0 saturated carbocycles. The molecule has 0 aliphatic carbocycles. The van der Waals surface area contributed by atoms with Gasteiger partial charge in [0.25, 0.3) is 0 Å². The third kappa shape index (κ3) is 2.80. The molecule has 22 heavy (non-hydrogen) atoms. The SMILES string of the molecule is CC(C)COc1ccc(-c2nnc3n2CCCC3C)cc1N. The maximum Gasteiger partial charge on any atom is 0.164 e. The molecule has 1 aliphatic rings. The van der Waals surface area contributed by atoms with E-state index in [0.717, 1.165) is 29.5 Å². The smallest absolute Gasteiger partial charge is 0.164 e. The van der Waals surface area contributed by atoms with Crippen LogP contribution in [0.3, 0.4) is 0 Å². The van der Waals surface area contributed by atoms with Crippen molar-refractivity contribution in [1.29, 1.82) is 0 Å². The maximum atomic E-state index is 6.13. The first-order valence-corrected chi connectivity index (χ1v) is 8.02. The summed E-state index contributed by atoms with van der Waals surface area (Å²) in [5.74, 6) is 3.68. The Morgan fingerprint density at radius 3 is 2.91 bits per heavy atom. The van der Waals surface area contributed by atoms with Crippen LogP contribution in [0.25, 0.3) is 11.4 Å². The third-order valence-electron chi connectivity index (χ3n) is 4.08. The van der Waals surface area contributed by atoms with Gasteiger partial charge in [0.2, 0.25) is 0 Å². The highest BCUT2D eigenvalue weighted by molar-refractivity contribution is 5.66. The van der Waals surface area contributed by atoms with Crippen LogP contribution in [0.5, 0.6) is 5.75 Å². The fourth-order valence-electron chi connectivity index (χ4n) is 2.87. The van der Waals surface area contributed by atoms with Crippen LogP contribution in [0.15, 0.2) is 18.2 Å². The molecule has 0 saturated heterocycles. The van der Waals surface area contributed by atoms with Gasteiger partial charge in [-0.2, -0.15) is 0 Å². The Kier molecular flexibility index (Phi) is 4.05. The molecule has 5 nitrogen and oxygen atoms in total. The lowest BCUT2D eigenvalue weighted by Gasteiger charge is -2.20. The molecule has 0 radical (unpaired) electrons. The highest BCUT2D eigenvalue weighted by Crippen LogP contribution is 2.32. The van der Waals surface area contributed by atoms with Crippen molar-refractivity contribution in [3.8, 4) is 17.1 Å². The highest BCUT2D eigenvalue weighted by Gasteiger charge is 2.22.